The van der Waals surface area contributed by atoms with Gasteiger partial charge < -0.3 is 56.4 Å². The molecule has 3 saturated heterocycles. The van der Waals surface area contributed by atoms with Crippen LogP contribution in [0.3, 0.4) is 0 Å². The highest BCUT2D eigenvalue weighted by Crippen LogP contribution is 2.66. The fourth-order valence-electron chi connectivity index (χ4n) is 5.84. The fourth-order valence-corrected chi connectivity index (χ4v) is 10.4. The Hall–Kier alpha value is -2.87. The van der Waals surface area contributed by atoms with Crippen molar-refractivity contribution < 1.29 is 70.6 Å². The molecule has 0 bridgehead atoms. The molecule has 4 rings (SSSR count). The number of anilines is 1. The molecule has 27 heteroatoms. The minimum absolute atomic E-state index is 0.0133. The number of thioether (sulfide) groups is 1. The molecule has 8 atom stereocenters. The smallest absolute Gasteiger partial charge is 0.390 e. The Morgan fingerprint density at radius 3 is 2.45 bits per heavy atom. The maximum absolute atomic E-state index is 12.5. The number of urea groups is 1. The number of unbranched alkanes of at least 4 members (excludes halogenated alkanes) is 3. The summed E-state index contributed by atoms with van der Waals surface area (Å²) in [7, 11) is -16.8. The molecule has 0 radical (unpaired) electrons. The van der Waals surface area contributed by atoms with E-state index < -0.39 is 54.2 Å². The third kappa shape index (κ3) is 14.9. The first-order chi connectivity index (χ1) is 25.8. The number of aromatic nitrogens is 2. The molecule has 23 nitrogen and oxygen atoms in total. The number of carbonyl (C=O) groups excluding carboxylic acids is 3. The molecule has 3 aliphatic heterocycles. The normalized spacial score (nSPS) is 25.4. The quantitative estimate of drug-likeness (QED) is 0.0348. The molecule has 3 aliphatic rings. The number of nitrogen functional groups attached to an aromatic ring is 1. The van der Waals surface area contributed by atoms with Crippen LogP contribution in [0.15, 0.2) is 11.0 Å². The average molecular weight is 860 g/mol. The lowest BCUT2D eigenvalue weighted by atomic mass is 10.0. The Balaban J connectivity index is 1.10. The second kappa shape index (κ2) is 20.0. The number of hydrogen-bond donors (Lipinski definition) is 10. The van der Waals surface area contributed by atoms with Gasteiger partial charge in [0, 0.05) is 43.0 Å². The van der Waals surface area contributed by atoms with Crippen LogP contribution in [0.2, 0.25) is 0 Å². The Bertz CT molecular complexity index is 1820. The molecule has 0 aromatic carbocycles. The number of phosphoric acid groups is 3. The predicted molar refractivity (Wildman–Crippen MR) is 193 cm³/mol. The number of hydrogen-bond acceptors (Lipinski definition) is 15. The van der Waals surface area contributed by atoms with Gasteiger partial charge in [-0.05, 0) is 25.7 Å². The molecular formula is C28H44N7O16P3S. The van der Waals surface area contributed by atoms with Crippen molar-refractivity contribution in [3.8, 4) is 11.8 Å². The van der Waals surface area contributed by atoms with Crippen molar-refractivity contribution in [3.63, 3.8) is 0 Å². The van der Waals surface area contributed by atoms with Gasteiger partial charge in [-0.2, -0.15) is 25.4 Å². The van der Waals surface area contributed by atoms with Crippen molar-refractivity contribution in [2.45, 2.75) is 93.6 Å². The SMILES string of the molecule is Nc1nc(=O)n([C@H]2C[C@H](O)[C@@H](COP(=O)(O)OP(=O)(O)OP(=O)(O)O)O2)cc1C#CCNC(=O)CCCCCNC(=O)CCCC[C@@H]1SC[C@@H]2NC(=O)N[C@@H]21. The van der Waals surface area contributed by atoms with Gasteiger partial charge in [0.15, 0.2) is 0 Å². The van der Waals surface area contributed by atoms with Gasteiger partial charge in [0.2, 0.25) is 11.8 Å². The van der Waals surface area contributed by atoms with Gasteiger partial charge in [-0.1, -0.05) is 24.7 Å². The zero-order chi connectivity index (χ0) is 40.4. The summed E-state index contributed by atoms with van der Waals surface area (Å²) in [6.07, 6.45) is 2.28. The van der Waals surface area contributed by atoms with Crippen LogP contribution < -0.4 is 32.7 Å². The Kier molecular flexibility index (Phi) is 16.3. The monoisotopic (exact) mass is 859 g/mol. The molecule has 1 aromatic rings. The lowest BCUT2D eigenvalue weighted by Crippen LogP contribution is -2.36. The molecule has 308 valence electrons. The number of nitrogens with two attached hydrogens (primary N) is 1. The summed E-state index contributed by atoms with van der Waals surface area (Å²) in [6.45, 7) is -0.483. The van der Waals surface area contributed by atoms with Gasteiger partial charge in [-0.15, -0.1) is 0 Å². The molecule has 0 saturated carbocycles. The first-order valence-electron chi connectivity index (χ1n) is 17.0. The van der Waals surface area contributed by atoms with Crippen LogP contribution in [0.25, 0.3) is 0 Å². The number of phosphoric ester groups is 1. The maximum Gasteiger partial charge on any atom is 0.490 e. The molecular weight excluding hydrogens is 815 g/mol. The Morgan fingerprint density at radius 1 is 1.02 bits per heavy atom. The second-order valence-electron chi connectivity index (χ2n) is 12.7. The van der Waals surface area contributed by atoms with E-state index >= 15 is 0 Å². The van der Waals surface area contributed by atoms with E-state index in [9.17, 15) is 47.8 Å². The summed E-state index contributed by atoms with van der Waals surface area (Å²) in [5, 5.41) is 22.2. The topological polar surface area (TPSA) is 350 Å². The second-order valence-corrected chi connectivity index (χ2v) is 18.3. The van der Waals surface area contributed by atoms with Gasteiger partial charge >= 0.3 is 35.2 Å². The number of ether oxygens (including phenoxy) is 1. The molecule has 4 heterocycles. The zero-order valence-corrected chi connectivity index (χ0v) is 32.7. The zero-order valence-electron chi connectivity index (χ0n) is 29.2. The van der Waals surface area contributed by atoms with Crippen LogP contribution in [0.5, 0.6) is 0 Å². The summed E-state index contributed by atoms with van der Waals surface area (Å²) < 4.78 is 52.5. The van der Waals surface area contributed by atoms with Crippen molar-refractivity contribution in [1.82, 2.24) is 30.8 Å². The number of nitrogens with one attached hydrogen (secondary N) is 4. The van der Waals surface area contributed by atoms with E-state index in [4.69, 9.17) is 20.3 Å². The molecule has 2 unspecified atom stereocenters. The lowest BCUT2D eigenvalue weighted by Gasteiger charge is -2.19. The van der Waals surface area contributed by atoms with E-state index in [1.165, 1.54) is 6.20 Å². The first-order valence-corrected chi connectivity index (χ1v) is 22.6. The van der Waals surface area contributed by atoms with Crippen LogP contribution in [-0.2, 0) is 41.2 Å². The van der Waals surface area contributed by atoms with E-state index in [1.807, 2.05) is 11.8 Å². The van der Waals surface area contributed by atoms with Crippen LogP contribution in [-0.4, -0.2) is 107 Å². The molecule has 1 aromatic heterocycles. The molecule has 4 amide bonds. The molecule has 11 N–H and O–H groups in total. The van der Waals surface area contributed by atoms with Crippen LogP contribution >= 0.6 is 35.2 Å². The van der Waals surface area contributed by atoms with Crippen molar-refractivity contribution in [1.29, 1.82) is 0 Å². The van der Waals surface area contributed by atoms with Crippen LogP contribution in [0.1, 0.15) is 69.6 Å². The number of fused-ring (bicyclic) bond motifs is 1. The van der Waals surface area contributed by atoms with Crippen molar-refractivity contribution in [2.24, 2.45) is 0 Å². The lowest BCUT2D eigenvalue weighted by molar-refractivity contribution is -0.122. The summed E-state index contributed by atoms with van der Waals surface area (Å²) in [5.74, 6) is 5.80. The summed E-state index contributed by atoms with van der Waals surface area (Å²) in [6, 6.07) is 0.242. The molecule has 0 aliphatic carbocycles. The maximum atomic E-state index is 12.5. The summed E-state index contributed by atoms with van der Waals surface area (Å²) in [4.78, 5) is 88.2. The van der Waals surface area contributed by atoms with Crippen molar-refractivity contribution in [2.75, 3.05) is 31.2 Å². The van der Waals surface area contributed by atoms with Gasteiger partial charge in [-0.25, -0.2) is 23.3 Å². The highest BCUT2D eigenvalue weighted by molar-refractivity contribution is 8.00. The van der Waals surface area contributed by atoms with E-state index in [0.717, 1.165) is 36.0 Å². The van der Waals surface area contributed by atoms with E-state index in [1.54, 1.807) is 0 Å². The number of amides is 4. The summed E-state index contributed by atoms with van der Waals surface area (Å²) >= 11 is 1.85. The third-order valence-corrected chi connectivity index (χ3v) is 13.7. The van der Waals surface area contributed by atoms with Crippen molar-refractivity contribution >= 4 is 58.9 Å². The first kappa shape index (κ1) is 44.8. The van der Waals surface area contributed by atoms with Gasteiger partial charge in [0.05, 0.1) is 36.9 Å². The molecule has 55 heavy (non-hydrogen) atoms. The Labute approximate surface area is 318 Å². The third-order valence-electron chi connectivity index (χ3n) is 8.39. The number of aliphatic hydroxyl groups is 1. The number of nitrogens with zero attached hydrogens (tertiary/aromatic N) is 2. The van der Waals surface area contributed by atoms with E-state index in [2.05, 4.69) is 51.2 Å². The van der Waals surface area contributed by atoms with Crippen molar-refractivity contribution in [3.05, 3.63) is 22.2 Å². The highest BCUT2D eigenvalue weighted by Gasteiger charge is 2.44. The number of rotatable bonds is 20. The van der Waals surface area contributed by atoms with Crippen LogP contribution in [0.4, 0.5) is 10.6 Å². The standard InChI is InChI=1S/C28H44N7O16P3S/c29-26-17(14-35(28(40)34-26)24-13-19(36)20(49-24)15-48-53(44,45)51-54(46,47)50-52(41,42)43)7-6-12-31-22(37)9-2-1-5-11-30-23(38)10-4-3-8-21-25-18(16-55-21)32-27(39)33-25/h14,18-21,24-25,36H,1-5,8-13,15-16H2,(H,30,38)(H,31,37)(H,44,45)(H,46,47)(H2,29,34,40)(H2,32,33,39)(H2,41,42,43)/t18-,19-,20+,21-,24+,25-/m0/s1. The molecule has 3 fully saturated rings. The van der Waals surface area contributed by atoms with Gasteiger partial charge in [-0.3, -0.25) is 18.7 Å². The minimum atomic E-state index is -5.75. The largest absolute Gasteiger partial charge is 0.490 e. The minimum Gasteiger partial charge on any atom is -0.390 e. The number of aliphatic hydroxyl groups excluding tert-OH is 1. The summed E-state index contributed by atoms with van der Waals surface area (Å²) in [5.41, 5.74) is 5.01. The fraction of sp³-hybridized carbons (Fsp3) is 0.679. The predicted octanol–water partition coefficient (Wildman–Crippen LogP) is -0.313. The average Bonchev–Trinajstić information content (AvgIpc) is 3.74. The van der Waals surface area contributed by atoms with E-state index in [-0.39, 0.29) is 60.7 Å². The van der Waals surface area contributed by atoms with Crippen LogP contribution in [0, 0.1) is 11.8 Å². The number of carbonyl (C=O) groups is 3. The Morgan fingerprint density at radius 2 is 1.73 bits per heavy atom. The highest BCUT2D eigenvalue weighted by atomic mass is 32.2. The van der Waals surface area contributed by atoms with Gasteiger partial charge in [0.25, 0.3) is 0 Å². The molecule has 0 spiro atoms. The van der Waals surface area contributed by atoms with Gasteiger partial charge in [0.1, 0.15) is 18.1 Å². The van der Waals surface area contributed by atoms with E-state index in [0.29, 0.717) is 31.1 Å².